The zero-order valence-electron chi connectivity index (χ0n) is 15.6. The summed E-state index contributed by atoms with van der Waals surface area (Å²) >= 11 is 12.0. The second-order valence-corrected chi connectivity index (χ2v) is 6.42. The number of rotatable bonds is 7. The molecule has 0 fully saturated rings. The molecule has 0 aromatic heterocycles. The standard InChI is InChI=1S/C19H22Cl2N4O2.HI/c1-22-19(25-12-14-3-6-15(20)11-17(14)21)24-10-9-23-18(26)13-4-7-16(27-2)8-5-13;/h3-8,11H,9-10,12H2,1-2H3,(H,23,26)(H2,22,24,25);1H. The average molecular weight is 537 g/mol. The van der Waals surface area contributed by atoms with Crippen molar-refractivity contribution in [1.82, 2.24) is 16.0 Å². The molecule has 0 saturated heterocycles. The summed E-state index contributed by atoms with van der Waals surface area (Å²) in [5.41, 5.74) is 1.49. The largest absolute Gasteiger partial charge is 0.497 e. The first kappa shape index (κ1) is 24.3. The first-order valence-corrected chi connectivity index (χ1v) is 9.09. The molecule has 9 heteroatoms. The van der Waals surface area contributed by atoms with Crippen LogP contribution in [0.15, 0.2) is 47.5 Å². The number of halogens is 3. The van der Waals surface area contributed by atoms with E-state index in [1.54, 1.807) is 50.6 Å². The minimum Gasteiger partial charge on any atom is -0.497 e. The predicted octanol–water partition coefficient (Wildman–Crippen LogP) is 3.72. The van der Waals surface area contributed by atoms with Gasteiger partial charge in [-0.1, -0.05) is 29.3 Å². The Hall–Kier alpha value is -1.71. The number of benzene rings is 2. The van der Waals surface area contributed by atoms with Crippen LogP contribution in [0.3, 0.4) is 0 Å². The van der Waals surface area contributed by atoms with E-state index in [9.17, 15) is 4.79 Å². The number of hydrogen-bond acceptors (Lipinski definition) is 3. The second kappa shape index (κ2) is 12.7. The summed E-state index contributed by atoms with van der Waals surface area (Å²) in [4.78, 5) is 16.2. The van der Waals surface area contributed by atoms with E-state index in [0.717, 1.165) is 5.56 Å². The number of aliphatic imine (C=N–C) groups is 1. The van der Waals surface area contributed by atoms with Crippen LogP contribution < -0.4 is 20.7 Å². The van der Waals surface area contributed by atoms with Crippen LogP contribution in [0.25, 0.3) is 0 Å². The minimum absolute atomic E-state index is 0. The molecule has 2 aromatic rings. The molecule has 0 bridgehead atoms. The summed E-state index contributed by atoms with van der Waals surface area (Å²) in [7, 11) is 3.26. The zero-order valence-corrected chi connectivity index (χ0v) is 19.4. The van der Waals surface area contributed by atoms with Crippen molar-refractivity contribution >= 4 is 59.0 Å². The highest BCUT2D eigenvalue weighted by Crippen LogP contribution is 2.20. The van der Waals surface area contributed by atoms with Crippen LogP contribution in [0.2, 0.25) is 10.0 Å². The normalized spacial score (nSPS) is 10.6. The van der Waals surface area contributed by atoms with Gasteiger partial charge in [0.2, 0.25) is 0 Å². The van der Waals surface area contributed by atoms with Gasteiger partial charge in [0.05, 0.1) is 7.11 Å². The molecule has 0 spiro atoms. The van der Waals surface area contributed by atoms with E-state index in [2.05, 4.69) is 20.9 Å². The van der Waals surface area contributed by atoms with E-state index in [4.69, 9.17) is 27.9 Å². The maximum Gasteiger partial charge on any atom is 0.251 e. The molecule has 28 heavy (non-hydrogen) atoms. The van der Waals surface area contributed by atoms with E-state index >= 15 is 0 Å². The van der Waals surface area contributed by atoms with Crippen molar-refractivity contribution in [2.24, 2.45) is 4.99 Å². The molecule has 0 radical (unpaired) electrons. The maximum absolute atomic E-state index is 12.1. The maximum atomic E-state index is 12.1. The van der Waals surface area contributed by atoms with E-state index in [1.165, 1.54) is 0 Å². The Morgan fingerprint density at radius 3 is 2.32 bits per heavy atom. The van der Waals surface area contributed by atoms with Crippen LogP contribution in [0.5, 0.6) is 5.75 Å². The molecule has 0 aliphatic heterocycles. The van der Waals surface area contributed by atoms with Gasteiger partial charge in [0, 0.05) is 42.3 Å². The lowest BCUT2D eigenvalue weighted by molar-refractivity contribution is 0.0954. The van der Waals surface area contributed by atoms with Gasteiger partial charge < -0.3 is 20.7 Å². The number of amides is 1. The van der Waals surface area contributed by atoms with Crippen molar-refractivity contribution in [2.45, 2.75) is 6.54 Å². The fraction of sp³-hybridized carbons (Fsp3) is 0.263. The molecule has 2 aromatic carbocycles. The second-order valence-electron chi connectivity index (χ2n) is 5.57. The first-order valence-electron chi connectivity index (χ1n) is 8.34. The monoisotopic (exact) mass is 536 g/mol. The number of carbonyl (C=O) groups is 1. The highest BCUT2D eigenvalue weighted by molar-refractivity contribution is 14.0. The van der Waals surface area contributed by atoms with Crippen molar-refractivity contribution in [2.75, 3.05) is 27.2 Å². The van der Waals surface area contributed by atoms with Gasteiger partial charge >= 0.3 is 0 Å². The summed E-state index contributed by atoms with van der Waals surface area (Å²) in [5, 5.41) is 10.3. The van der Waals surface area contributed by atoms with E-state index in [0.29, 0.717) is 47.0 Å². The quantitative estimate of drug-likeness (QED) is 0.218. The van der Waals surface area contributed by atoms with Crippen LogP contribution in [0.1, 0.15) is 15.9 Å². The van der Waals surface area contributed by atoms with Crippen molar-refractivity contribution in [3.05, 3.63) is 63.6 Å². The Labute approximate surface area is 192 Å². The minimum atomic E-state index is -0.143. The fourth-order valence-corrected chi connectivity index (χ4v) is 2.74. The molecule has 3 N–H and O–H groups in total. The number of methoxy groups -OCH3 is 1. The Morgan fingerprint density at radius 2 is 1.71 bits per heavy atom. The number of nitrogens with one attached hydrogen (secondary N) is 3. The third-order valence-corrected chi connectivity index (χ3v) is 4.33. The highest BCUT2D eigenvalue weighted by atomic mass is 127. The smallest absolute Gasteiger partial charge is 0.251 e. The van der Waals surface area contributed by atoms with Gasteiger partial charge in [0.25, 0.3) is 5.91 Å². The van der Waals surface area contributed by atoms with Gasteiger partial charge in [-0.3, -0.25) is 9.79 Å². The van der Waals surface area contributed by atoms with Crippen LogP contribution >= 0.6 is 47.2 Å². The van der Waals surface area contributed by atoms with E-state index in [-0.39, 0.29) is 29.9 Å². The van der Waals surface area contributed by atoms with E-state index in [1.807, 2.05) is 6.07 Å². The van der Waals surface area contributed by atoms with Crippen LogP contribution in [0, 0.1) is 0 Å². The molecule has 1 amide bonds. The third kappa shape index (κ3) is 7.73. The summed E-state index contributed by atoms with van der Waals surface area (Å²) in [6.07, 6.45) is 0. The van der Waals surface area contributed by atoms with Gasteiger partial charge in [-0.2, -0.15) is 0 Å². The number of carbonyl (C=O) groups excluding carboxylic acids is 1. The third-order valence-electron chi connectivity index (χ3n) is 3.74. The molecule has 2 rings (SSSR count). The molecular weight excluding hydrogens is 514 g/mol. The Bertz CT molecular complexity index is 801. The lowest BCUT2D eigenvalue weighted by atomic mass is 10.2. The average Bonchev–Trinajstić information content (AvgIpc) is 2.68. The number of guanidine groups is 1. The summed E-state index contributed by atoms with van der Waals surface area (Å²) < 4.78 is 5.08. The predicted molar refractivity (Wildman–Crippen MR) is 125 cm³/mol. The lowest BCUT2D eigenvalue weighted by Crippen LogP contribution is -2.41. The Kier molecular flexibility index (Phi) is 11.0. The van der Waals surface area contributed by atoms with Crippen molar-refractivity contribution in [1.29, 1.82) is 0 Å². The fourth-order valence-electron chi connectivity index (χ4n) is 2.27. The van der Waals surface area contributed by atoms with Gasteiger partial charge in [-0.25, -0.2) is 0 Å². The number of nitrogens with zero attached hydrogens (tertiary/aromatic N) is 1. The highest BCUT2D eigenvalue weighted by Gasteiger charge is 2.06. The Balaban J connectivity index is 0.00000392. The molecule has 0 aliphatic carbocycles. The van der Waals surface area contributed by atoms with Gasteiger partial charge in [0.1, 0.15) is 5.75 Å². The lowest BCUT2D eigenvalue weighted by Gasteiger charge is -2.13. The van der Waals surface area contributed by atoms with Crippen LogP contribution in [-0.2, 0) is 6.54 Å². The number of hydrogen-bond donors (Lipinski definition) is 3. The van der Waals surface area contributed by atoms with Crippen molar-refractivity contribution < 1.29 is 9.53 Å². The molecular formula is C19H23Cl2IN4O2. The molecule has 0 unspecified atom stereocenters. The van der Waals surface area contributed by atoms with Gasteiger partial charge in [-0.05, 0) is 42.0 Å². The molecule has 0 atom stereocenters. The summed E-state index contributed by atoms with van der Waals surface area (Å²) in [5.74, 6) is 1.18. The summed E-state index contributed by atoms with van der Waals surface area (Å²) in [6.45, 7) is 1.48. The van der Waals surface area contributed by atoms with Gasteiger partial charge in [-0.15, -0.1) is 24.0 Å². The van der Waals surface area contributed by atoms with Crippen molar-refractivity contribution in [3.8, 4) is 5.75 Å². The number of ether oxygens (including phenoxy) is 1. The van der Waals surface area contributed by atoms with Gasteiger partial charge in [0.15, 0.2) is 5.96 Å². The molecule has 0 saturated carbocycles. The zero-order chi connectivity index (χ0) is 19.6. The summed E-state index contributed by atoms with van der Waals surface area (Å²) in [6, 6.07) is 12.3. The van der Waals surface area contributed by atoms with Crippen LogP contribution in [0.4, 0.5) is 0 Å². The SMILES string of the molecule is CN=C(NCCNC(=O)c1ccc(OC)cc1)NCc1ccc(Cl)cc1Cl.I. The van der Waals surface area contributed by atoms with Crippen molar-refractivity contribution in [3.63, 3.8) is 0 Å². The van der Waals surface area contributed by atoms with E-state index < -0.39 is 0 Å². The Morgan fingerprint density at radius 1 is 1.04 bits per heavy atom. The van der Waals surface area contributed by atoms with Crippen LogP contribution in [-0.4, -0.2) is 39.1 Å². The topological polar surface area (TPSA) is 74.8 Å². The molecule has 0 heterocycles. The molecule has 152 valence electrons. The first-order chi connectivity index (χ1) is 13.0. The molecule has 0 aliphatic rings. The molecule has 6 nitrogen and oxygen atoms in total.